The molecular formula is C44H76N2O3. The average Bonchev–Trinajstić information content (AvgIpc) is 3.33. The van der Waals surface area contributed by atoms with E-state index >= 15 is 0 Å². The molecule has 2 aliphatic rings. The number of hydrogen-bond acceptors (Lipinski definition) is 5. The van der Waals surface area contributed by atoms with Crippen molar-refractivity contribution in [3.8, 4) is 11.8 Å². The minimum atomic E-state index is -0.0831. The van der Waals surface area contributed by atoms with Gasteiger partial charge in [-0.3, -0.25) is 9.59 Å². The van der Waals surface area contributed by atoms with Crippen LogP contribution in [0.5, 0.6) is 0 Å². The Morgan fingerprint density at radius 1 is 0.837 bits per heavy atom. The van der Waals surface area contributed by atoms with Crippen molar-refractivity contribution in [3.05, 3.63) is 46.7 Å². The zero-order chi connectivity index (χ0) is 36.5. The minimum absolute atomic E-state index is 0.0671. The number of unbranched alkanes of at least 4 members (excludes halogenated alkanes) is 6. The second-order valence-electron chi connectivity index (χ2n) is 13.5. The zero-order valence-electron chi connectivity index (χ0n) is 33.2. The summed E-state index contributed by atoms with van der Waals surface area (Å²) in [6, 6.07) is 0. The van der Waals surface area contributed by atoms with Crippen LogP contribution >= 0.6 is 0 Å². The third-order valence-corrected chi connectivity index (χ3v) is 8.86. The molecule has 5 nitrogen and oxygen atoms in total. The Balaban J connectivity index is 0.00000201. The summed E-state index contributed by atoms with van der Waals surface area (Å²) in [6.45, 7) is 21.7. The molecule has 0 saturated heterocycles. The van der Waals surface area contributed by atoms with Gasteiger partial charge in [-0.1, -0.05) is 163 Å². The molecule has 2 N–H and O–H groups in total. The second-order valence-corrected chi connectivity index (χ2v) is 13.5. The van der Waals surface area contributed by atoms with Gasteiger partial charge in [0.1, 0.15) is 0 Å². The highest BCUT2D eigenvalue weighted by molar-refractivity contribution is 6.24. The topological polar surface area (TPSA) is 67.4 Å². The molecule has 0 aromatic heterocycles. The van der Waals surface area contributed by atoms with Gasteiger partial charge >= 0.3 is 0 Å². The van der Waals surface area contributed by atoms with Gasteiger partial charge in [0.05, 0.1) is 11.1 Å². The van der Waals surface area contributed by atoms with Gasteiger partial charge in [-0.15, -0.1) is 0 Å². The van der Waals surface area contributed by atoms with Crippen molar-refractivity contribution in [2.45, 2.75) is 165 Å². The molecule has 280 valence electrons. The first-order valence-electron chi connectivity index (χ1n) is 20.3. The van der Waals surface area contributed by atoms with Crippen molar-refractivity contribution in [2.75, 3.05) is 32.8 Å². The molecule has 0 heterocycles. The van der Waals surface area contributed by atoms with Crippen LogP contribution in [0.25, 0.3) is 0 Å². The van der Waals surface area contributed by atoms with E-state index in [1.807, 2.05) is 18.2 Å². The van der Waals surface area contributed by atoms with Crippen molar-refractivity contribution in [1.82, 2.24) is 10.6 Å². The molecule has 0 bridgehead atoms. The fourth-order valence-electron chi connectivity index (χ4n) is 5.59. The van der Waals surface area contributed by atoms with Crippen molar-refractivity contribution in [3.63, 3.8) is 0 Å². The molecule has 0 aromatic rings. The molecule has 0 spiro atoms. The molecule has 5 heteroatoms. The number of allylic oxidation sites excluding steroid dienone is 6. The van der Waals surface area contributed by atoms with Gasteiger partial charge in [-0.25, -0.2) is 0 Å². The summed E-state index contributed by atoms with van der Waals surface area (Å²) in [5, 5.41) is 6.89. The summed E-state index contributed by atoms with van der Waals surface area (Å²) in [7, 11) is 0. The van der Waals surface area contributed by atoms with Gasteiger partial charge in [0.2, 0.25) is 0 Å². The summed E-state index contributed by atoms with van der Waals surface area (Å²) >= 11 is 0. The summed E-state index contributed by atoms with van der Waals surface area (Å²) in [4.78, 5) is 26.4. The van der Waals surface area contributed by atoms with Crippen molar-refractivity contribution < 1.29 is 14.3 Å². The van der Waals surface area contributed by atoms with E-state index in [1.165, 1.54) is 77.0 Å². The maximum Gasteiger partial charge on any atom is 0.192 e. The van der Waals surface area contributed by atoms with Crippen LogP contribution in [-0.2, 0) is 14.3 Å². The molecular weight excluding hydrogens is 604 g/mol. The summed E-state index contributed by atoms with van der Waals surface area (Å²) in [5.41, 5.74) is 2.12. The second kappa shape index (κ2) is 32.8. The number of carbonyl (C=O) groups is 2. The Morgan fingerprint density at radius 2 is 1.47 bits per heavy atom. The lowest BCUT2D eigenvalue weighted by molar-refractivity contribution is -0.119. The molecule has 0 radical (unpaired) electrons. The molecule has 2 aliphatic carbocycles. The average molecular weight is 681 g/mol. The Labute approximate surface area is 303 Å². The Hall–Kier alpha value is -2.42. The van der Waals surface area contributed by atoms with Gasteiger partial charge in [-0.2, -0.15) is 0 Å². The van der Waals surface area contributed by atoms with Crippen LogP contribution in [0.2, 0.25) is 0 Å². The number of carbonyl (C=O) groups excluding carboxylic acids is 2. The van der Waals surface area contributed by atoms with Crippen molar-refractivity contribution >= 4 is 11.6 Å². The highest BCUT2D eigenvalue weighted by atomic mass is 16.5. The van der Waals surface area contributed by atoms with Crippen LogP contribution in [0.3, 0.4) is 0 Å². The maximum atomic E-state index is 13.5. The van der Waals surface area contributed by atoms with Crippen LogP contribution in [0, 0.1) is 23.7 Å². The lowest BCUT2D eigenvalue weighted by atomic mass is 9.84. The first-order valence-corrected chi connectivity index (χ1v) is 20.3. The Bertz CT molecular complexity index is 1050. The first kappa shape index (κ1) is 46.6. The standard InChI is InChI=1S/C34H52N2O3.C7H16.C3H8/c1-5-9-16-27(7-3)25-36-31-20-12-11-19-30-32(37)24-29(34(38)33(30)31)18-13-14-21-35-22-15-23-39-26-28(8-4)17-10-6-2;1-3-5-7-6-4-2;1-3-2/h13-14,18,20,27-28,35-36H,5-10,12,15-17,21-26H2,1-4H3;3-7H2,1-2H3;3H2,1-2H3/b14-13-,29-18+;;. The first-order chi connectivity index (χ1) is 23.9. The van der Waals surface area contributed by atoms with Crippen LogP contribution in [0.4, 0.5) is 0 Å². The van der Waals surface area contributed by atoms with Crippen LogP contribution in [0.15, 0.2) is 46.7 Å². The summed E-state index contributed by atoms with van der Waals surface area (Å²) in [5.74, 6) is 7.08. The van der Waals surface area contributed by atoms with E-state index in [-0.39, 0.29) is 18.0 Å². The highest BCUT2D eigenvalue weighted by Crippen LogP contribution is 2.29. The van der Waals surface area contributed by atoms with Gasteiger partial charge in [0.15, 0.2) is 11.6 Å². The van der Waals surface area contributed by atoms with E-state index in [9.17, 15) is 9.59 Å². The lowest BCUT2D eigenvalue weighted by Gasteiger charge is -2.23. The molecule has 2 atom stereocenters. The van der Waals surface area contributed by atoms with Crippen molar-refractivity contribution in [1.29, 1.82) is 0 Å². The fraction of sp³-hybridized carbons (Fsp3) is 0.727. The van der Waals surface area contributed by atoms with Gasteiger partial charge in [0.25, 0.3) is 0 Å². The number of ketones is 2. The number of rotatable bonds is 24. The molecule has 0 aliphatic heterocycles. The van der Waals surface area contributed by atoms with Crippen molar-refractivity contribution in [2.24, 2.45) is 11.8 Å². The molecule has 2 unspecified atom stereocenters. The maximum absolute atomic E-state index is 13.5. The van der Waals surface area contributed by atoms with E-state index in [2.05, 4.69) is 77.9 Å². The fourth-order valence-corrected chi connectivity index (χ4v) is 5.59. The zero-order valence-corrected chi connectivity index (χ0v) is 33.2. The SMILES string of the molecule is CCC.CCCCC(CC)CNC1=CCC#CC2=C1C(=O)/C(=C/C=C\CNCCCOCC(CC)CCCC)CC2=O.CCCCCCC. The predicted molar refractivity (Wildman–Crippen MR) is 213 cm³/mol. The smallest absolute Gasteiger partial charge is 0.192 e. The number of nitrogens with one attached hydrogen (secondary N) is 2. The molecule has 2 rings (SSSR count). The molecule has 0 amide bonds. The lowest BCUT2D eigenvalue weighted by Crippen LogP contribution is -2.30. The minimum Gasteiger partial charge on any atom is -0.384 e. The van der Waals surface area contributed by atoms with E-state index in [0.29, 0.717) is 41.5 Å². The monoisotopic (exact) mass is 681 g/mol. The summed E-state index contributed by atoms with van der Waals surface area (Å²) < 4.78 is 5.87. The number of Topliss-reactive ketones (excluding diaryl/α,β-unsaturated/α-hetero) is 2. The third-order valence-electron chi connectivity index (χ3n) is 8.86. The predicted octanol–water partition coefficient (Wildman–Crippen LogP) is 11.0. The number of ether oxygens (including phenoxy) is 1. The third kappa shape index (κ3) is 22.1. The summed E-state index contributed by atoms with van der Waals surface area (Å²) in [6.07, 6.45) is 27.1. The quantitative estimate of drug-likeness (QED) is 0.0603. The van der Waals surface area contributed by atoms with Gasteiger partial charge in [-0.05, 0) is 43.7 Å². The van der Waals surface area contributed by atoms with E-state index < -0.39 is 0 Å². The Kier molecular flexibility index (Phi) is 31.1. The van der Waals surface area contributed by atoms with E-state index in [0.717, 1.165) is 51.3 Å². The molecule has 49 heavy (non-hydrogen) atoms. The Morgan fingerprint density at radius 3 is 2.08 bits per heavy atom. The van der Waals surface area contributed by atoms with Crippen LogP contribution in [-0.4, -0.2) is 44.4 Å². The molecule has 0 saturated carbocycles. The van der Waals surface area contributed by atoms with E-state index in [1.54, 1.807) is 6.08 Å². The largest absolute Gasteiger partial charge is 0.384 e. The van der Waals surface area contributed by atoms with Crippen LogP contribution in [0.1, 0.15) is 165 Å². The normalized spacial score (nSPS) is 16.1. The number of hydrogen-bond donors (Lipinski definition) is 2. The van der Waals surface area contributed by atoms with Gasteiger partial charge in [0, 0.05) is 50.4 Å². The highest BCUT2D eigenvalue weighted by Gasteiger charge is 2.32. The van der Waals surface area contributed by atoms with Gasteiger partial charge < -0.3 is 15.4 Å². The van der Waals surface area contributed by atoms with E-state index in [4.69, 9.17) is 4.74 Å². The van der Waals surface area contributed by atoms with Crippen LogP contribution < -0.4 is 10.6 Å². The molecule has 0 aromatic carbocycles. The molecule has 0 fully saturated rings.